The molecular weight excluding hydrogens is 238 g/mol. The molecule has 1 aromatic heterocycles. The van der Waals surface area contributed by atoms with E-state index in [0.717, 1.165) is 31.7 Å². The number of aromatic nitrogens is 1. The van der Waals surface area contributed by atoms with Gasteiger partial charge in [-0.15, -0.1) is 0 Å². The molecule has 17 heavy (non-hydrogen) atoms. The van der Waals surface area contributed by atoms with E-state index >= 15 is 0 Å². The van der Waals surface area contributed by atoms with Crippen molar-refractivity contribution in [3.8, 4) is 0 Å². The summed E-state index contributed by atoms with van der Waals surface area (Å²) < 4.78 is 0. The van der Waals surface area contributed by atoms with Crippen molar-refractivity contribution >= 4 is 23.3 Å². The first-order valence-corrected chi connectivity index (χ1v) is 6.17. The zero-order chi connectivity index (χ0) is 12.3. The largest absolute Gasteiger partial charge is 0.356 e. The van der Waals surface area contributed by atoms with Crippen molar-refractivity contribution in [1.82, 2.24) is 10.3 Å². The number of carbonyl (C=O) groups is 1. The first-order valence-electron chi connectivity index (χ1n) is 5.80. The van der Waals surface area contributed by atoms with Gasteiger partial charge in [0.15, 0.2) is 0 Å². The van der Waals surface area contributed by atoms with Crippen molar-refractivity contribution in [3.05, 3.63) is 23.4 Å². The molecule has 5 heteroatoms. The van der Waals surface area contributed by atoms with Gasteiger partial charge in [0.2, 0.25) is 5.91 Å². The van der Waals surface area contributed by atoms with Gasteiger partial charge in [-0.3, -0.25) is 4.79 Å². The number of nitrogens with zero attached hydrogens (tertiary/aromatic N) is 2. The molecule has 0 atom stereocenters. The molecule has 0 unspecified atom stereocenters. The molecule has 4 nitrogen and oxygen atoms in total. The van der Waals surface area contributed by atoms with Crippen LogP contribution in [-0.2, 0) is 4.79 Å². The number of piperidine rings is 1. The van der Waals surface area contributed by atoms with Gasteiger partial charge in [0.1, 0.15) is 11.0 Å². The first kappa shape index (κ1) is 12.2. The molecule has 1 fully saturated rings. The minimum absolute atomic E-state index is 0.0457. The Labute approximate surface area is 106 Å². The van der Waals surface area contributed by atoms with Crippen LogP contribution >= 0.6 is 11.6 Å². The lowest BCUT2D eigenvalue weighted by atomic mass is 10.1. The number of amides is 1. The Bertz CT molecular complexity index is 402. The monoisotopic (exact) mass is 253 g/mol. The number of rotatable bonds is 2. The number of anilines is 1. The topological polar surface area (TPSA) is 45.2 Å². The van der Waals surface area contributed by atoms with Crippen molar-refractivity contribution in [2.24, 2.45) is 0 Å². The fourth-order valence-electron chi connectivity index (χ4n) is 2.11. The molecule has 1 aliphatic heterocycles. The Balaban J connectivity index is 1.93. The summed E-state index contributed by atoms with van der Waals surface area (Å²) in [5.74, 6) is 0.961. The highest BCUT2D eigenvalue weighted by Gasteiger charge is 2.20. The minimum Gasteiger partial charge on any atom is -0.356 e. The smallest absolute Gasteiger partial charge is 0.217 e. The van der Waals surface area contributed by atoms with Gasteiger partial charge in [0, 0.05) is 26.1 Å². The van der Waals surface area contributed by atoms with Crippen molar-refractivity contribution in [1.29, 1.82) is 0 Å². The molecule has 2 heterocycles. The van der Waals surface area contributed by atoms with Crippen LogP contribution in [-0.4, -0.2) is 30.0 Å². The van der Waals surface area contributed by atoms with Crippen LogP contribution in [0, 0.1) is 0 Å². The quantitative estimate of drug-likeness (QED) is 0.818. The molecule has 0 spiro atoms. The van der Waals surface area contributed by atoms with E-state index in [-0.39, 0.29) is 5.91 Å². The maximum absolute atomic E-state index is 11.0. The van der Waals surface area contributed by atoms with Gasteiger partial charge in [-0.1, -0.05) is 17.7 Å². The van der Waals surface area contributed by atoms with Crippen molar-refractivity contribution in [2.45, 2.75) is 25.8 Å². The van der Waals surface area contributed by atoms with Crippen molar-refractivity contribution in [2.75, 3.05) is 18.0 Å². The van der Waals surface area contributed by atoms with Crippen LogP contribution in [0.4, 0.5) is 5.82 Å². The molecule has 92 valence electrons. The zero-order valence-corrected chi connectivity index (χ0v) is 10.6. The second kappa shape index (κ2) is 5.36. The molecule has 1 amide bonds. The van der Waals surface area contributed by atoms with E-state index < -0.39 is 0 Å². The summed E-state index contributed by atoms with van der Waals surface area (Å²) in [5, 5.41) is 3.47. The average Bonchev–Trinajstić information content (AvgIpc) is 2.29. The number of carbonyl (C=O) groups excluding carboxylic acids is 1. The molecule has 0 bridgehead atoms. The summed E-state index contributed by atoms with van der Waals surface area (Å²) in [6, 6.07) is 5.94. The molecule has 0 radical (unpaired) electrons. The second-order valence-corrected chi connectivity index (χ2v) is 4.67. The van der Waals surface area contributed by atoms with E-state index in [4.69, 9.17) is 11.6 Å². The summed E-state index contributed by atoms with van der Waals surface area (Å²) in [6.45, 7) is 3.36. The van der Waals surface area contributed by atoms with Crippen LogP contribution in [0.15, 0.2) is 18.2 Å². The average molecular weight is 254 g/mol. The molecule has 0 aliphatic carbocycles. The van der Waals surface area contributed by atoms with Crippen LogP contribution in [0.2, 0.25) is 5.15 Å². The van der Waals surface area contributed by atoms with E-state index in [1.54, 1.807) is 13.0 Å². The Morgan fingerprint density at radius 3 is 2.76 bits per heavy atom. The standard InChI is InChI=1S/C12H16ClN3O/c1-9(17)14-10-5-7-16(8-6-10)12-4-2-3-11(13)15-12/h2-4,10H,5-8H2,1H3,(H,14,17). The van der Waals surface area contributed by atoms with E-state index in [9.17, 15) is 4.79 Å². The van der Waals surface area contributed by atoms with Gasteiger partial charge in [0.25, 0.3) is 0 Å². The zero-order valence-electron chi connectivity index (χ0n) is 9.82. The van der Waals surface area contributed by atoms with E-state index in [1.165, 1.54) is 0 Å². The summed E-state index contributed by atoms with van der Waals surface area (Å²) in [4.78, 5) is 17.4. The van der Waals surface area contributed by atoms with E-state index in [2.05, 4.69) is 15.2 Å². The minimum atomic E-state index is 0.0457. The van der Waals surface area contributed by atoms with Gasteiger partial charge >= 0.3 is 0 Å². The fraction of sp³-hybridized carbons (Fsp3) is 0.500. The maximum Gasteiger partial charge on any atom is 0.217 e. The molecule has 0 aromatic carbocycles. The van der Waals surface area contributed by atoms with Crippen molar-refractivity contribution in [3.63, 3.8) is 0 Å². The van der Waals surface area contributed by atoms with Gasteiger partial charge in [-0.05, 0) is 25.0 Å². The summed E-state index contributed by atoms with van der Waals surface area (Å²) >= 11 is 5.87. The fourth-order valence-corrected chi connectivity index (χ4v) is 2.27. The highest BCUT2D eigenvalue weighted by atomic mass is 35.5. The third-order valence-corrected chi connectivity index (χ3v) is 3.14. The van der Waals surface area contributed by atoms with Crippen molar-refractivity contribution < 1.29 is 4.79 Å². The van der Waals surface area contributed by atoms with E-state index in [1.807, 2.05) is 12.1 Å². The van der Waals surface area contributed by atoms with Crippen LogP contribution in [0.1, 0.15) is 19.8 Å². The number of hydrogen-bond acceptors (Lipinski definition) is 3. The molecule has 1 N–H and O–H groups in total. The molecule has 1 aromatic rings. The predicted molar refractivity (Wildman–Crippen MR) is 68.3 cm³/mol. The third kappa shape index (κ3) is 3.33. The number of pyridine rings is 1. The number of hydrogen-bond donors (Lipinski definition) is 1. The van der Waals surface area contributed by atoms with Gasteiger partial charge in [-0.2, -0.15) is 0 Å². The number of halogens is 1. The maximum atomic E-state index is 11.0. The first-order chi connectivity index (χ1) is 8.15. The second-order valence-electron chi connectivity index (χ2n) is 4.28. The highest BCUT2D eigenvalue weighted by molar-refractivity contribution is 6.29. The van der Waals surface area contributed by atoms with Crippen LogP contribution in [0.5, 0.6) is 0 Å². The Kier molecular flexibility index (Phi) is 3.84. The molecule has 1 saturated heterocycles. The van der Waals surface area contributed by atoms with Crippen LogP contribution < -0.4 is 10.2 Å². The Hall–Kier alpha value is -1.29. The molecule has 2 rings (SSSR count). The third-order valence-electron chi connectivity index (χ3n) is 2.93. The normalized spacial score (nSPS) is 16.9. The van der Waals surface area contributed by atoms with Crippen LogP contribution in [0.25, 0.3) is 0 Å². The molecule has 1 aliphatic rings. The SMILES string of the molecule is CC(=O)NC1CCN(c2cccc(Cl)n2)CC1. The van der Waals surface area contributed by atoms with Gasteiger partial charge in [-0.25, -0.2) is 4.98 Å². The van der Waals surface area contributed by atoms with Gasteiger partial charge < -0.3 is 10.2 Å². The lowest BCUT2D eigenvalue weighted by molar-refractivity contribution is -0.119. The van der Waals surface area contributed by atoms with E-state index in [0.29, 0.717) is 11.2 Å². The Morgan fingerprint density at radius 2 is 2.18 bits per heavy atom. The molecule has 0 saturated carbocycles. The highest BCUT2D eigenvalue weighted by Crippen LogP contribution is 2.19. The predicted octanol–water partition coefficient (Wildman–Crippen LogP) is 1.84. The lowest BCUT2D eigenvalue weighted by Crippen LogP contribution is -2.44. The van der Waals surface area contributed by atoms with Crippen LogP contribution in [0.3, 0.4) is 0 Å². The van der Waals surface area contributed by atoms with Gasteiger partial charge in [0.05, 0.1) is 0 Å². The number of nitrogens with one attached hydrogen (secondary N) is 1. The lowest BCUT2D eigenvalue weighted by Gasteiger charge is -2.33. The molecular formula is C12H16ClN3O. The summed E-state index contributed by atoms with van der Waals surface area (Å²) in [6.07, 6.45) is 1.90. The summed E-state index contributed by atoms with van der Waals surface area (Å²) in [5.41, 5.74) is 0. The summed E-state index contributed by atoms with van der Waals surface area (Å²) in [7, 11) is 0. The Morgan fingerprint density at radius 1 is 1.47 bits per heavy atom.